The molecule has 15 heavy (non-hydrogen) atoms. The van der Waals surface area contributed by atoms with Crippen LogP contribution in [-0.2, 0) is 0 Å². The minimum absolute atomic E-state index is 0.889. The molecule has 0 radical (unpaired) electrons. The second-order valence-electron chi connectivity index (χ2n) is 6.49. The average Bonchev–Trinajstić information content (AvgIpc) is 2.13. The van der Waals surface area contributed by atoms with Gasteiger partial charge < -0.3 is 0 Å². The molecule has 1 fully saturated rings. The number of rotatable bonds is 4. The zero-order valence-electron chi connectivity index (χ0n) is 11.4. The molecule has 0 heterocycles. The van der Waals surface area contributed by atoms with Gasteiger partial charge in [-0.2, -0.15) is 0 Å². The molecule has 1 rings (SSSR count). The maximum Gasteiger partial charge on any atom is -0.0386 e. The van der Waals surface area contributed by atoms with E-state index in [2.05, 4.69) is 34.6 Å². The van der Waals surface area contributed by atoms with E-state index in [9.17, 15) is 0 Å². The highest BCUT2D eigenvalue weighted by molar-refractivity contribution is 4.80. The molecular formula is C15H30. The Kier molecular flexibility index (Phi) is 5.15. The van der Waals surface area contributed by atoms with Gasteiger partial charge in [-0.15, -0.1) is 0 Å². The van der Waals surface area contributed by atoms with E-state index in [1.807, 2.05) is 0 Å². The van der Waals surface area contributed by atoms with Gasteiger partial charge in [0.1, 0.15) is 0 Å². The maximum absolute atomic E-state index is 2.47. The summed E-state index contributed by atoms with van der Waals surface area (Å²) in [7, 11) is 0. The maximum atomic E-state index is 2.47. The normalized spacial score (nSPS) is 37.2. The van der Waals surface area contributed by atoms with E-state index in [4.69, 9.17) is 0 Å². The third-order valence-electron chi connectivity index (χ3n) is 4.55. The van der Waals surface area contributed by atoms with E-state index in [1.54, 1.807) is 0 Å². The van der Waals surface area contributed by atoms with E-state index in [0.717, 1.165) is 29.6 Å². The Labute approximate surface area is 96.8 Å². The van der Waals surface area contributed by atoms with Crippen LogP contribution in [0.15, 0.2) is 0 Å². The number of hydrogen-bond acceptors (Lipinski definition) is 0. The van der Waals surface area contributed by atoms with E-state index in [-0.39, 0.29) is 0 Å². The van der Waals surface area contributed by atoms with Crippen LogP contribution in [0.1, 0.15) is 66.7 Å². The predicted octanol–water partition coefficient (Wildman–Crippen LogP) is 5.13. The van der Waals surface area contributed by atoms with Crippen molar-refractivity contribution in [2.45, 2.75) is 66.7 Å². The van der Waals surface area contributed by atoms with Crippen LogP contribution in [0, 0.1) is 29.6 Å². The van der Waals surface area contributed by atoms with Crippen LogP contribution in [0.2, 0.25) is 0 Å². The van der Waals surface area contributed by atoms with E-state index >= 15 is 0 Å². The molecule has 0 bridgehead atoms. The molecule has 0 saturated heterocycles. The molecule has 4 unspecified atom stereocenters. The zero-order valence-corrected chi connectivity index (χ0v) is 11.4. The molecule has 0 aliphatic heterocycles. The van der Waals surface area contributed by atoms with Gasteiger partial charge in [-0.05, 0) is 42.4 Å². The van der Waals surface area contributed by atoms with Gasteiger partial charge in [-0.25, -0.2) is 0 Å². The summed E-state index contributed by atoms with van der Waals surface area (Å²) in [5.74, 6) is 4.81. The molecule has 0 N–H and O–H groups in total. The molecule has 1 saturated carbocycles. The summed E-state index contributed by atoms with van der Waals surface area (Å²) in [6, 6.07) is 0. The monoisotopic (exact) mass is 210 g/mol. The Morgan fingerprint density at radius 1 is 0.933 bits per heavy atom. The van der Waals surface area contributed by atoms with Crippen LogP contribution in [0.4, 0.5) is 0 Å². The summed E-state index contributed by atoms with van der Waals surface area (Å²) in [5, 5.41) is 0. The van der Waals surface area contributed by atoms with Crippen LogP contribution in [0.3, 0.4) is 0 Å². The van der Waals surface area contributed by atoms with Gasteiger partial charge in [0.05, 0.1) is 0 Å². The van der Waals surface area contributed by atoms with Crippen molar-refractivity contribution in [3.63, 3.8) is 0 Å². The third-order valence-corrected chi connectivity index (χ3v) is 4.55. The lowest BCUT2D eigenvalue weighted by Crippen LogP contribution is -2.27. The molecule has 4 atom stereocenters. The molecule has 0 aromatic heterocycles. The summed E-state index contributed by atoms with van der Waals surface area (Å²) in [6.45, 7) is 12.0. The van der Waals surface area contributed by atoms with Crippen LogP contribution in [-0.4, -0.2) is 0 Å². The Balaban J connectivity index is 2.28. The van der Waals surface area contributed by atoms with Gasteiger partial charge in [0.2, 0.25) is 0 Å². The first-order valence-corrected chi connectivity index (χ1v) is 7.00. The summed E-state index contributed by atoms with van der Waals surface area (Å²) in [6.07, 6.45) is 7.31. The van der Waals surface area contributed by atoms with Crippen LogP contribution >= 0.6 is 0 Å². The van der Waals surface area contributed by atoms with Gasteiger partial charge in [-0.1, -0.05) is 53.9 Å². The highest BCUT2D eigenvalue weighted by Crippen LogP contribution is 2.39. The van der Waals surface area contributed by atoms with Crippen molar-refractivity contribution in [1.29, 1.82) is 0 Å². The third kappa shape index (κ3) is 4.17. The van der Waals surface area contributed by atoms with Crippen LogP contribution in [0.25, 0.3) is 0 Å². The number of hydrogen-bond donors (Lipinski definition) is 0. The quantitative estimate of drug-likeness (QED) is 0.603. The first kappa shape index (κ1) is 13.1. The van der Waals surface area contributed by atoms with Gasteiger partial charge in [0, 0.05) is 0 Å². The van der Waals surface area contributed by atoms with E-state index in [0.29, 0.717) is 0 Å². The molecule has 0 spiro atoms. The van der Waals surface area contributed by atoms with Crippen molar-refractivity contribution in [2.24, 2.45) is 29.6 Å². The second-order valence-corrected chi connectivity index (χ2v) is 6.49. The van der Waals surface area contributed by atoms with Gasteiger partial charge in [-0.3, -0.25) is 0 Å². The molecule has 1 aliphatic rings. The molecule has 90 valence electrons. The van der Waals surface area contributed by atoms with Crippen molar-refractivity contribution >= 4 is 0 Å². The van der Waals surface area contributed by atoms with Gasteiger partial charge in [0.15, 0.2) is 0 Å². The zero-order chi connectivity index (χ0) is 11.4. The minimum atomic E-state index is 0.889. The lowest BCUT2D eigenvalue weighted by atomic mass is 9.68. The van der Waals surface area contributed by atoms with E-state index < -0.39 is 0 Å². The van der Waals surface area contributed by atoms with Crippen LogP contribution in [0.5, 0.6) is 0 Å². The molecule has 1 aliphatic carbocycles. The van der Waals surface area contributed by atoms with E-state index in [1.165, 1.54) is 32.1 Å². The highest BCUT2D eigenvalue weighted by atomic mass is 14.3. The Bertz CT molecular complexity index is 171. The molecule has 0 amide bonds. The van der Waals surface area contributed by atoms with Crippen molar-refractivity contribution in [3.05, 3.63) is 0 Å². The Morgan fingerprint density at radius 2 is 1.53 bits per heavy atom. The highest BCUT2D eigenvalue weighted by Gasteiger charge is 2.29. The topological polar surface area (TPSA) is 0 Å². The summed E-state index contributed by atoms with van der Waals surface area (Å²) in [5.41, 5.74) is 0. The summed E-state index contributed by atoms with van der Waals surface area (Å²) >= 11 is 0. The molecule has 0 aromatic rings. The minimum Gasteiger partial charge on any atom is -0.0628 e. The fourth-order valence-corrected chi connectivity index (χ4v) is 3.14. The predicted molar refractivity (Wildman–Crippen MR) is 68.9 cm³/mol. The fraction of sp³-hybridized carbons (Fsp3) is 1.00. The lowest BCUT2D eigenvalue weighted by molar-refractivity contribution is 0.134. The first-order chi connectivity index (χ1) is 7.00. The van der Waals surface area contributed by atoms with Gasteiger partial charge in [0.25, 0.3) is 0 Å². The van der Waals surface area contributed by atoms with Crippen molar-refractivity contribution < 1.29 is 0 Å². The smallest absolute Gasteiger partial charge is 0.0386 e. The Morgan fingerprint density at radius 3 is 2.13 bits per heavy atom. The second kappa shape index (κ2) is 5.92. The SMILES string of the molecule is CC(C)CCCC1CC(C)C(C)CC1C. The first-order valence-electron chi connectivity index (χ1n) is 7.00. The molecule has 0 heteroatoms. The molecular weight excluding hydrogens is 180 g/mol. The van der Waals surface area contributed by atoms with Gasteiger partial charge >= 0.3 is 0 Å². The largest absolute Gasteiger partial charge is 0.0628 e. The summed E-state index contributed by atoms with van der Waals surface area (Å²) < 4.78 is 0. The van der Waals surface area contributed by atoms with Crippen molar-refractivity contribution in [1.82, 2.24) is 0 Å². The molecule has 0 nitrogen and oxygen atoms in total. The summed E-state index contributed by atoms with van der Waals surface area (Å²) in [4.78, 5) is 0. The van der Waals surface area contributed by atoms with Crippen molar-refractivity contribution in [3.8, 4) is 0 Å². The standard InChI is InChI=1S/C15H30/c1-11(2)7-6-8-15-10-13(4)12(3)9-14(15)5/h11-15H,6-10H2,1-5H3. The van der Waals surface area contributed by atoms with Crippen molar-refractivity contribution in [2.75, 3.05) is 0 Å². The molecule has 0 aromatic carbocycles. The average molecular weight is 210 g/mol. The van der Waals surface area contributed by atoms with Crippen LogP contribution < -0.4 is 0 Å². The lowest BCUT2D eigenvalue weighted by Gasteiger charge is -2.37. The Hall–Kier alpha value is 0. The fourth-order valence-electron chi connectivity index (χ4n) is 3.14.